The summed E-state index contributed by atoms with van der Waals surface area (Å²) in [5.41, 5.74) is 0.278. The number of hydrogen-bond acceptors (Lipinski definition) is 2. The number of carbonyl (C=O) groups is 1. The topological polar surface area (TPSA) is 38.3 Å². The molecule has 1 rings (SSSR count). The molecule has 0 unspecified atom stereocenters. The Kier molecular flexibility index (Phi) is 3.71. The SMILES string of the molecule is COC(=O)Nc1c(Cl)cc(F)cc1Br. The van der Waals surface area contributed by atoms with Crippen molar-refractivity contribution in [3.05, 3.63) is 27.4 Å². The average Bonchev–Trinajstić information content (AvgIpc) is 2.10. The minimum Gasteiger partial charge on any atom is -0.453 e. The molecule has 0 saturated carbocycles. The van der Waals surface area contributed by atoms with E-state index in [1.807, 2.05) is 0 Å². The molecule has 0 heterocycles. The molecule has 14 heavy (non-hydrogen) atoms. The van der Waals surface area contributed by atoms with E-state index in [1.54, 1.807) is 0 Å². The van der Waals surface area contributed by atoms with Crippen molar-refractivity contribution in [3.8, 4) is 0 Å². The number of anilines is 1. The number of benzene rings is 1. The van der Waals surface area contributed by atoms with Gasteiger partial charge in [0.15, 0.2) is 0 Å². The molecular weight excluding hydrogens is 276 g/mol. The van der Waals surface area contributed by atoms with E-state index in [0.717, 1.165) is 6.07 Å². The lowest BCUT2D eigenvalue weighted by Crippen LogP contribution is -2.11. The van der Waals surface area contributed by atoms with Gasteiger partial charge in [-0.05, 0) is 28.1 Å². The number of carbonyl (C=O) groups excluding carboxylic acids is 1. The van der Waals surface area contributed by atoms with E-state index in [2.05, 4.69) is 26.0 Å². The first-order valence-corrected chi connectivity index (χ1v) is 4.71. The molecule has 0 spiro atoms. The molecule has 1 amide bonds. The van der Waals surface area contributed by atoms with Crippen LogP contribution < -0.4 is 5.32 Å². The molecule has 0 atom stereocenters. The predicted molar refractivity (Wildman–Crippen MR) is 55.1 cm³/mol. The third kappa shape index (κ3) is 2.59. The zero-order valence-corrected chi connectivity index (χ0v) is 9.45. The van der Waals surface area contributed by atoms with Crippen LogP contribution in [0.25, 0.3) is 0 Å². The van der Waals surface area contributed by atoms with Crippen LogP contribution in [0.5, 0.6) is 0 Å². The first-order valence-electron chi connectivity index (χ1n) is 3.54. The second-order valence-corrected chi connectivity index (χ2v) is 3.62. The predicted octanol–water partition coefficient (Wildman–Crippen LogP) is 3.42. The molecule has 1 N–H and O–H groups in total. The van der Waals surface area contributed by atoms with Crippen molar-refractivity contribution in [2.75, 3.05) is 12.4 Å². The van der Waals surface area contributed by atoms with E-state index >= 15 is 0 Å². The molecule has 0 aliphatic heterocycles. The van der Waals surface area contributed by atoms with Crippen LogP contribution in [0.3, 0.4) is 0 Å². The van der Waals surface area contributed by atoms with Gasteiger partial charge in [0, 0.05) is 4.47 Å². The fraction of sp³-hybridized carbons (Fsp3) is 0.125. The highest BCUT2D eigenvalue weighted by atomic mass is 79.9. The van der Waals surface area contributed by atoms with Gasteiger partial charge in [-0.25, -0.2) is 9.18 Å². The van der Waals surface area contributed by atoms with Crippen molar-refractivity contribution in [2.24, 2.45) is 0 Å². The smallest absolute Gasteiger partial charge is 0.411 e. The molecule has 1 aromatic rings. The zero-order valence-electron chi connectivity index (χ0n) is 7.11. The van der Waals surface area contributed by atoms with Crippen molar-refractivity contribution in [2.45, 2.75) is 0 Å². The van der Waals surface area contributed by atoms with Crippen molar-refractivity contribution in [1.29, 1.82) is 0 Å². The van der Waals surface area contributed by atoms with E-state index in [-0.39, 0.29) is 10.7 Å². The summed E-state index contributed by atoms with van der Waals surface area (Å²) in [5, 5.41) is 2.45. The molecule has 0 bridgehead atoms. The van der Waals surface area contributed by atoms with Gasteiger partial charge in [-0.2, -0.15) is 0 Å². The van der Waals surface area contributed by atoms with Gasteiger partial charge in [-0.3, -0.25) is 5.32 Å². The van der Waals surface area contributed by atoms with Gasteiger partial charge in [0.05, 0.1) is 17.8 Å². The Morgan fingerprint density at radius 1 is 1.64 bits per heavy atom. The monoisotopic (exact) mass is 281 g/mol. The van der Waals surface area contributed by atoms with Gasteiger partial charge >= 0.3 is 6.09 Å². The molecule has 3 nitrogen and oxygen atoms in total. The maximum Gasteiger partial charge on any atom is 0.411 e. The number of nitrogens with one attached hydrogen (secondary N) is 1. The van der Waals surface area contributed by atoms with Gasteiger partial charge in [-0.1, -0.05) is 11.6 Å². The van der Waals surface area contributed by atoms with Crippen LogP contribution in [0.4, 0.5) is 14.9 Å². The van der Waals surface area contributed by atoms with E-state index < -0.39 is 11.9 Å². The van der Waals surface area contributed by atoms with Crippen molar-refractivity contribution in [3.63, 3.8) is 0 Å². The maximum absolute atomic E-state index is 12.8. The highest BCUT2D eigenvalue weighted by Gasteiger charge is 2.10. The van der Waals surface area contributed by atoms with Gasteiger partial charge in [0.25, 0.3) is 0 Å². The number of methoxy groups -OCH3 is 1. The Morgan fingerprint density at radius 3 is 2.79 bits per heavy atom. The first-order chi connectivity index (χ1) is 6.54. The zero-order chi connectivity index (χ0) is 10.7. The second kappa shape index (κ2) is 4.61. The van der Waals surface area contributed by atoms with E-state index in [1.165, 1.54) is 13.2 Å². The normalized spacial score (nSPS) is 9.71. The van der Waals surface area contributed by atoms with E-state index in [9.17, 15) is 9.18 Å². The molecule has 0 fully saturated rings. The molecule has 1 aromatic carbocycles. The Hall–Kier alpha value is -0.810. The van der Waals surface area contributed by atoms with Crippen LogP contribution in [0.15, 0.2) is 16.6 Å². The largest absolute Gasteiger partial charge is 0.453 e. The standard InChI is InChI=1S/C8H6BrClFNO2/c1-14-8(13)12-7-5(9)2-4(11)3-6(7)10/h2-3H,1H3,(H,12,13). The summed E-state index contributed by atoms with van der Waals surface area (Å²) in [6.07, 6.45) is -0.667. The third-order valence-corrected chi connectivity index (χ3v) is 2.34. The number of halogens is 3. The summed E-state index contributed by atoms with van der Waals surface area (Å²) in [7, 11) is 1.22. The summed E-state index contributed by atoms with van der Waals surface area (Å²) >= 11 is 8.76. The van der Waals surface area contributed by atoms with E-state index in [0.29, 0.717) is 4.47 Å². The number of hydrogen-bond donors (Lipinski definition) is 1. The van der Waals surface area contributed by atoms with E-state index in [4.69, 9.17) is 11.6 Å². The molecule has 0 aliphatic carbocycles. The van der Waals surface area contributed by atoms with Crippen LogP contribution in [0.1, 0.15) is 0 Å². The van der Waals surface area contributed by atoms with Crippen LogP contribution in [-0.2, 0) is 4.74 Å². The summed E-state index contributed by atoms with van der Waals surface area (Å²) < 4.78 is 17.5. The Labute approximate surface area is 93.3 Å². The highest BCUT2D eigenvalue weighted by molar-refractivity contribution is 9.10. The molecule has 0 aliphatic rings. The lowest BCUT2D eigenvalue weighted by molar-refractivity contribution is 0.187. The van der Waals surface area contributed by atoms with Crippen molar-refractivity contribution < 1.29 is 13.9 Å². The van der Waals surface area contributed by atoms with Crippen LogP contribution in [0.2, 0.25) is 5.02 Å². The highest BCUT2D eigenvalue weighted by Crippen LogP contribution is 2.31. The first kappa shape index (κ1) is 11.3. The number of ether oxygens (including phenoxy) is 1. The minimum absolute atomic E-state index is 0.0993. The number of amides is 1. The summed E-state index contributed by atoms with van der Waals surface area (Å²) in [6.45, 7) is 0. The molecule has 0 aromatic heterocycles. The fourth-order valence-electron chi connectivity index (χ4n) is 0.815. The second-order valence-electron chi connectivity index (χ2n) is 2.36. The van der Waals surface area contributed by atoms with Gasteiger partial charge in [-0.15, -0.1) is 0 Å². The number of rotatable bonds is 1. The van der Waals surface area contributed by atoms with Crippen molar-refractivity contribution in [1.82, 2.24) is 0 Å². The molecule has 76 valence electrons. The summed E-state index contributed by atoms with van der Waals surface area (Å²) in [4.78, 5) is 10.9. The molecule has 0 saturated heterocycles. The van der Waals surface area contributed by atoms with Crippen LogP contribution in [0, 0.1) is 5.82 Å². The average molecular weight is 282 g/mol. The molecule has 0 radical (unpaired) electrons. The Bertz CT molecular complexity index is 349. The lowest BCUT2D eigenvalue weighted by atomic mass is 10.3. The summed E-state index contributed by atoms with van der Waals surface area (Å²) in [5.74, 6) is -0.489. The minimum atomic E-state index is -0.667. The maximum atomic E-state index is 12.8. The van der Waals surface area contributed by atoms with Crippen LogP contribution >= 0.6 is 27.5 Å². The summed E-state index contributed by atoms with van der Waals surface area (Å²) in [6, 6.07) is 2.29. The Morgan fingerprint density at radius 2 is 2.29 bits per heavy atom. The van der Waals surface area contributed by atoms with Gasteiger partial charge in [0.2, 0.25) is 0 Å². The molecule has 6 heteroatoms. The lowest BCUT2D eigenvalue weighted by Gasteiger charge is -2.07. The van der Waals surface area contributed by atoms with Crippen molar-refractivity contribution >= 4 is 39.3 Å². The van der Waals surface area contributed by atoms with Gasteiger partial charge < -0.3 is 4.74 Å². The fourth-order valence-corrected chi connectivity index (χ4v) is 1.71. The molecular formula is C8H6BrClFNO2. The third-order valence-electron chi connectivity index (χ3n) is 1.42. The van der Waals surface area contributed by atoms with Gasteiger partial charge in [0.1, 0.15) is 5.82 Å². The van der Waals surface area contributed by atoms with Crippen LogP contribution in [-0.4, -0.2) is 13.2 Å². The quantitative estimate of drug-likeness (QED) is 0.857. The Balaban J connectivity index is 3.02.